The van der Waals surface area contributed by atoms with Gasteiger partial charge in [0, 0.05) is 18.5 Å². The first-order chi connectivity index (χ1) is 13.9. The van der Waals surface area contributed by atoms with Crippen molar-refractivity contribution in [1.29, 1.82) is 0 Å². The van der Waals surface area contributed by atoms with Crippen molar-refractivity contribution < 1.29 is 24.3 Å². The Labute approximate surface area is 171 Å². The molecule has 0 aliphatic carbocycles. The topological polar surface area (TPSA) is 71.3 Å². The van der Waals surface area contributed by atoms with Crippen molar-refractivity contribution in [1.82, 2.24) is 4.90 Å². The number of rotatable bonds is 7. The summed E-state index contributed by atoms with van der Waals surface area (Å²) in [7, 11) is 5.66. The van der Waals surface area contributed by atoms with Crippen LogP contribution in [0.25, 0.3) is 5.76 Å². The van der Waals surface area contributed by atoms with Crippen LogP contribution in [0.2, 0.25) is 0 Å². The van der Waals surface area contributed by atoms with Crippen LogP contribution in [-0.4, -0.2) is 56.0 Å². The molecule has 1 heterocycles. The Kier molecular flexibility index (Phi) is 6.34. The lowest BCUT2D eigenvalue weighted by Gasteiger charge is -2.25. The van der Waals surface area contributed by atoms with Crippen LogP contribution in [0.5, 0.6) is 5.75 Å². The van der Waals surface area contributed by atoms with Crippen molar-refractivity contribution in [2.75, 3.05) is 34.3 Å². The zero-order chi connectivity index (χ0) is 21.0. The first-order valence-electron chi connectivity index (χ1n) is 9.71. The first-order valence-corrected chi connectivity index (χ1v) is 9.71. The molecule has 29 heavy (non-hydrogen) atoms. The van der Waals surface area contributed by atoms with E-state index >= 15 is 0 Å². The average Bonchev–Trinajstić information content (AvgIpc) is 2.98. The summed E-state index contributed by atoms with van der Waals surface area (Å²) < 4.78 is 5.15. The predicted molar refractivity (Wildman–Crippen MR) is 111 cm³/mol. The number of hydrogen-bond donors (Lipinski definition) is 2. The van der Waals surface area contributed by atoms with Crippen LogP contribution in [0.3, 0.4) is 0 Å². The lowest BCUT2D eigenvalue weighted by Crippen LogP contribution is -3.05. The summed E-state index contributed by atoms with van der Waals surface area (Å²) in [5.41, 5.74) is 1.41. The highest BCUT2D eigenvalue weighted by molar-refractivity contribution is 6.46. The molecule has 0 aromatic heterocycles. The summed E-state index contributed by atoms with van der Waals surface area (Å²) in [6.45, 7) is 1.33. The maximum atomic E-state index is 12.9. The van der Waals surface area contributed by atoms with Crippen LogP contribution in [0.15, 0.2) is 60.2 Å². The Balaban J connectivity index is 2.05. The fourth-order valence-electron chi connectivity index (χ4n) is 3.60. The summed E-state index contributed by atoms with van der Waals surface area (Å²) in [6, 6.07) is 15.6. The van der Waals surface area contributed by atoms with Gasteiger partial charge in [0.15, 0.2) is 0 Å². The molecular formula is C23H27N2O4+. The third kappa shape index (κ3) is 4.32. The van der Waals surface area contributed by atoms with Gasteiger partial charge in [0.2, 0.25) is 0 Å². The second-order valence-corrected chi connectivity index (χ2v) is 7.44. The number of aliphatic hydroxyl groups is 1. The van der Waals surface area contributed by atoms with Gasteiger partial charge in [0.1, 0.15) is 11.5 Å². The highest BCUT2D eigenvalue weighted by Gasteiger charge is 2.45. The number of nitrogens with one attached hydrogen (secondary N) is 1. The minimum absolute atomic E-state index is 0.128. The number of nitrogens with zero attached hydrogens (tertiary/aromatic N) is 1. The molecule has 6 heteroatoms. The van der Waals surface area contributed by atoms with E-state index in [0.717, 1.165) is 18.5 Å². The van der Waals surface area contributed by atoms with Crippen molar-refractivity contribution in [2.45, 2.75) is 12.5 Å². The van der Waals surface area contributed by atoms with E-state index in [1.54, 1.807) is 36.3 Å². The maximum Gasteiger partial charge on any atom is 0.295 e. The molecule has 2 aromatic rings. The van der Waals surface area contributed by atoms with E-state index < -0.39 is 17.7 Å². The van der Waals surface area contributed by atoms with Crippen LogP contribution >= 0.6 is 0 Å². The number of aliphatic hydroxyl groups excluding tert-OH is 1. The Morgan fingerprint density at radius 2 is 1.72 bits per heavy atom. The lowest BCUT2D eigenvalue weighted by molar-refractivity contribution is -0.858. The number of hydrogen-bond acceptors (Lipinski definition) is 4. The number of Topliss-reactive ketones (excluding diaryl/α,β-unsaturated/α-hetero) is 1. The molecule has 0 bridgehead atoms. The highest BCUT2D eigenvalue weighted by Crippen LogP contribution is 2.39. The van der Waals surface area contributed by atoms with Crippen LogP contribution in [0.1, 0.15) is 23.6 Å². The summed E-state index contributed by atoms with van der Waals surface area (Å²) in [5.74, 6) is -0.736. The van der Waals surface area contributed by atoms with Gasteiger partial charge in [-0.15, -0.1) is 0 Å². The van der Waals surface area contributed by atoms with E-state index in [-0.39, 0.29) is 11.3 Å². The normalized spacial score (nSPS) is 18.5. The Morgan fingerprint density at radius 3 is 2.31 bits per heavy atom. The zero-order valence-electron chi connectivity index (χ0n) is 17.0. The van der Waals surface area contributed by atoms with Gasteiger partial charge in [0.25, 0.3) is 11.7 Å². The second kappa shape index (κ2) is 8.92. The van der Waals surface area contributed by atoms with Crippen LogP contribution in [0, 0.1) is 0 Å². The fourth-order valence-corrected chi connectivity index (χ4v) is 3.60. The molecule has 6 nitrogen and oxygen atoms in total. The largest absolute Gasteiger partial charge is 0.507 e. The van der Waals surface area contributed by atoms with Gasteiger partial charge in [-0.1, -0.05) is 30.3 Å². The van der Waals surface area contributed by atoms with E-state index in [1.165, 1.54) is 4.90 Å². The number of likely N-dealkylation sites (tertiary alicyclic amines) is 1. The number of quaternary nitrogens is 1. The van der Waals surface area contributed by atoms with Crippen LogP contribution in [-0.2, 0) is 9.59 Å². The van der Waals surface area contributed by atoms with Crippen molar-refractivity contribution >= 4 is 17.4 Å². The Hall–Kier alpha value is -3.12. The maximum absolute atomic E-state index is 12.9. The molecule has 152 valence electrons. The number of benzene rings is 2. The molecule has 0 spiro atoms. The van der Waals surface area contributed by atoms with Gasteiger partial charge in [-0.05, 0) is 29.8 Å². The van der Waals surface area contributed by atoms with Gasteiger partial charge in [0.05, 0.1) is 39.4 Å². The van der Waals surface area contributed by atoms with E-state index in [1.807, 2.05) is 44.4 Å². The quantitative estimate of drug-likeness (QED) is 0.425. The first kappa shape index (κ1) is 20.6. The molecule has 0 saturated carbocycles. The number of ketones is 1. The molecule has 1 aliphatic rings. The molecule has 2 aromatic carbocycles. The van der Waals surface area contributed by atoms with E-state index in [2.05, 4.69) is 0 Å². The van der Waals surface area contributed by atoms with E-state index in [4.69, 9.17) is 4.74 Å². The number of carbonyl (C=O) groups is 2. The minimum atomic E-state index is -0.649. The molecule has 2 N–H and O–H groups in total. The van der Waals surface area contributed by atoms with Crippen molar-refractivity contribution in [3.8, 4) is 5.75 Å². The summed E-state index contributed by atoms with van der Waals surface area (Å²) >= 11 is 0. The van der Waals surface area contributed by atoms with Crippen molar-refractivity contribution in [2.24, 2.45) is 0 Å². The predicted octanol–water partition coefficient (Wildman–Crippen LogP) is 1.65. The number of carbonyl (C=O) groups excluding carboxylic acids is 2. The zero-order valence-corrected chi connectivity index (χ0v) is 17.0. The number of methoxy groups -OCH3 is 1. The minimum Gasteiger partial charge on any atom is -0.507 e. The third-order valence-electron chi connectivity index (χ3n) is 5.09. The van der Waals surface area contributed by atoms with E-state index in [0.29, 0.717) is 17.9 Å². The summed E-state index contributed by atoms with van der Waals surface area (Å²) in [4.78, 5) is 28.6. The standard InChI is InChI=1S/C23H26N2O4/c1-24(2)14-7-15-25-20(16-8-5-4-6-9-16)19(22(27)23(25)28)21(26)17-10-12-18(29-3)13-11-17/h4-6,8-13,20,26H,7,14-15H2,1-3H3/p+1/t20-/m0/s1. The van der Waals surface area contributed by atoms with Gasteiger partial charge in [-0.25, -0.2) is 0 Å². The molecule has 1 atom stereocenters. The fraction of sp³-hybridized carbons (Fsp3) is 0.304. The summed E-state index contributed by atoms with van der Waals surface area (Å²) in [6.07, 6.45) is 0.765. The Morgan fingerprint density at radius 1 is 1.07 bits per heavy atom. The number of amides is 1. The Bertz CT molecular complexity index is 904. The molecule has 0 radical (unpaired) electrons. The monoisotopic (exact) mass is 395 g/mol. The lowest BCUT2D eigenvalue weighted by atomic mass is 9.95. The molecule has 0 unspecified atom stereocenters. The van der Waals surface area contributed by atoms with Crippen LogP contribution in [0.4, 0.5) is 0 Å². The third-order valence-corrected chi connectivity index (χ3v) is 5.09. The van der Waals surface area contributed by atoms with Gasteiger partial charge in [-0.2, -0.15) is 0 Å². The molecule has 1 amide bonds. The SMILES string of the molecule is COc1ccc(C(O)=C2C(=O)C(=O)N(CCC[NH+](C)C)[C@H]2c2ccccc2)cc1. The molecule has 1 saturated heterocycles. The smallest absolute Gasteiger partial charge is 0.295 e. The number of ether oxygens (including phenoxy) is 1. The highest BCUT2D eigenvalue weighted by atomic mass is 16.5. The van der Waals surface area contributed by atoms with Crippen molar-refractivity contribution in [3.05, 3.63) is 71.3 Å². The van der Waals surface area contributed by atoms with E-state index in [9.17, 15) is 14.7 Å². The van der Waals surface area contributed by atoms with Crippen LogP contribution < -0.4 is 9.64 Å². The molecular weight excluding hydrogens is 368 g/mol. The van der Waals surface area contributed by atoms with Gasteiger partial charge >= 0.3 is 0 Å². The molecule has 1 fully saturated rings. The summed E-state index contributed by atoms with van der Waals surface area (Å²) in [5, 5.41) is 11.0. The average molecular weight is 395 g/mol. The molecule has 3 rings (SSSR count). The second-order valence-electron chi connectivity index (χ2n) is 7.44. The van der Waals surface area contributed by atoms with Crippen molar-refractivity contribution in [3.63, 3.8) is 0 Å². The van der Waals surface area contributed by atoms with Gasteiger partial charge < -0.3 is 19.6 Å². The van der Waals surface area contributed by atoms with Gasteiger partial charge in [-0.3, -0.25) is 9.59 Å². The molecule has 1 aliphatic heterocycles.